The van der Waals surface area contributed by atoms with Crippen LogP contribution in [0, 0.1) is 5.92 Å². The molecule has 0 N–H and O–H groups in total. The molecule has 0 atom stereocenters. The summed E-state index contributed by atoms with van der Waals surface area (Å²) in [4.78, 5) is 0. The van der Waals surface area contributed by atoms with Gasteiger partial charge in [-0.3, -0.25) is 0 Å². The van der Waals surface area contributed by atoms with Gasteiger partial charge < -0.3 is 0 Å². The third-order valence-electron chi connectivity index (χ3n) is 9.44. The summed E-state index contributed by atoms with van der Waals surface area (Å²) in [6.07, 6.45) is 7.62. The van der Waals surface area contributed by atoms with E-state index < -0.39 is 0 Å². The number of fused-ring (bicyclic) bond motifs is 5. The fourth-order valence-electron chi connectivity index (χ4n) is 7.39. The smallest absolute Gasteiger partial charge is 0.00207 e. The minimum absolute atomic E-state index is 0.874. The highest BCUT2D eigenvalue weighted by atomic mass is 14.3. The van der Waals surface area contributed by atoms with Crippen molar-refractivity contribution in [3.05, 3.63) is 138 Å². The zero-order valence-electron chi connectivity index (χ0n) is 23.0. The first kappa shape index (κ1) is 23.1. The van der Waals surface area contributed by atoms with E-state index in [0.29, 0.717) is 0 Å². The number of hydrogen-bond donors (Lipinski definition) is 0. The van der Waals surface area contributed by atoms with E-state index in [-0.39, 0.29) is 0 Å². The Labute approximate surface area is 240 Å². The SMILES string of the molecule is C1=C(CC2CC2)Cc2c(-c3c4ccccc4cc4ccccc34)ccc(-c3c4ccccc4cc4ccccc34)c21. The highest BCUT2D eigenvalue weighted by molar-refractivity contribution is 6.16. The average molecular weight is 523 g/mol. The molecule has 41 heavy (non-hydrogen) atoms. The van der Waals surface area contributed by atoms with E-state index in [4.69, 9.17) is 0 Å². The van der Waals surface area contributed by atoms with Crippen LogP contribution in [0.5, 0.6) is 0 Å². The minimum atomic E-state index is 0.874. The molecule has 194 valence electrons. The lowest BCUT2D eigenvalue weighted by atomic mass is 9.84. The Morgan fingerprint density at radius 2 is 0.927 bits per heavy atom. The highest BCUT2D eigenvalue weighted by Crippen LogP contribution is 2.48. The molecule has 0 radical (unpaired) electrons. The van der Waals surface area contributed by atoms with Crippen LogP contribution in [0.25, 0.3) is 71.4 Å². The van der Waals surface area contributed by atoms with Crippen LogP contribution in [0.3, 0.4) is 0 Å². The molecular formula is C41H30. The topological polar surface area (TPSA) is 0 Å². The first-order chi connectivity index (χ1) is 20.3. The van der Waals surface area contributed by atoms with Gasteiger partial charge in [0.15, 0.2) is 0 Å². The molecule has 0 saturated heterocycles. The third kappa shape index (κ3) is 3.67. The molecule has 0 heteroatoms. The molecule has 1 fully saturated rings. The van der Waals surface area contributed by atoms with Gasteiger partial charge in [0.05, 0.1) is 0 Å². The monoisotopic (exact) mass is 522 g/mol. The minimum Gasteiger partial charge on any atom is -0.0649 e. The summed E-state index contributed by atoms with van der Waals surface area (Å²) in [5, 5.41) is 10.6. The molecule has 0 bridgehead atoms. The standard InChI is InChI=1S/C41H30/c1-5-13-32-28(9-1)24-29-10-2-6-14-33(29)40(32)36-19-20-37(39-23-27(22-38(36)39)21-26-17-18-26)41-34-15-7-3-11-30(34)25-31-12-4-8-16-35(31)41/h1-16,19-20,22,24-26H,17-18,21,23H2. The van der Waals surface area contributed by atoms with Gasteiger partial charge in [0.1, 0.15) is 0 Å². The summed E-state index contributed by atoms with van der Waals surface area (Å²) >= 11 is 0. The van der Waals surface area contributed by atoms with Gasteiger partial charge in [0.25, 0.3) is 0 Å². The lowest BCUT2D eigenvalue weighted by Gasteiger charge is -2.19. The summed E-state index contributed by atoms with van der Waals surface area (Å²) in [5.74, 6) is 0.874. The summed E-state index contributed by atoms with van der Waals surface area (Å²) in [7, 11) is 0. The second kappa shape index (κ2) is 8.91. The van der Waals surface area contributed by atoms with E-state index in [1.807, 2.05) is 0 Å². The molecular weight excluding hydrogens is 492 g/mol. The molecule has 0 nitrogen and oxygen atoms in total. The van der Waals surface area contributed by atoms with Crippen LogP contribution in [-0.2, 0) is 6.42 Å². The van der Waals surface area contributed by atoms with Gasteiger partial charge in [-0.1, -0.05) is 121 Å². The highest BCUT2D eigenvalue weighted by Gasteiger charge is 2.28. The van der Waals surface area contributed by atoms with E-state index in [9.17, 15) is 0 Å². The molecule has 0 heterocycles. The fraction of sp³-hybridized carbons (Fsp3) is 0.122. The Hall–Kier alpha value is -4.68. The molecule has 1 saturated carbocycles. The van der Waals surface area contributed by atoms with Gasteiger partial charge in [-0.05, 0) is 120 Å². The normalized spacial score (nSPS) is 14.7. The second-order valence-corrected chi connectivity index (χ2v) is 12.1. The molecule has 7 aromatic carbocycles. The van der Waals surface area contributed by atoms with Gasteiger partial charge in [-0.25, -0.2) is 0 Å². The Morgan fingerprint density at radius 1 is 0.488 bits per heavy atom. The lowest BCUT2D eigenvalue weighted by Crippen LogP contribution is -1.96. The Bertz CT molecular complexity index is 2100. The van der Waals surface area contributed by atoms with E-state index in [2.05, 4.69) is 127 Å². The van der Waals surface area contributed by atoms with Crippen LogP contribution in [0.4, 0.5) is 0 Å². The molecule has 0 aliphatic heterocycles. The first-order valence-corrected chi connectivity index (χ1v) is 15.0. The maximum atomic E-state index is 2.57. The van der Waals surface area contributed by atoms with E-state index >= 15 is 0 Å². The maximum absolute atomic E-state index is 2.57. The molecule has 0 amide bonds. The van der Waals surface area contributed by atoms with Gasteiger partial charge >= 0.3 is 0 Å². The predicted molar refractivity (Wildman–Crippen MR) is 176 cm³/mol. The van der Waals surface area contributed by atoms with Crippen molar-refractivity contribution in [3.63, 3.8) is 0 Å². The lowest BCUT2D eigenvalue weighted by molar-refractivity contribution is 0.808. The van der Waals surface area contributed by atoms with Crippen molar-refractivity contribution in [1.29, 1.82) is 0 Å². The van der Waals surface area contributed by atoms with Crippen molar-refractivity contribution in [2.75, 3.05) is 0 Å². The van der Waals surface area contributed by atoms with Crippen LogP contribution in [0.15, 0.2) is 127 Å². The molecule has 7 aromatic rings. The molecule has 0 aromatic heterocycles. The molecule has 2 aliphatic rings. The maximum Gasteiger partial charge on any atom is -0.00207 e. The van der Waals surface area contributed by atoms with E-state index in [1.165, 1.54) is 95.7 Å². The van der Waals surface area contributed by atoms with Crippen molar-refractivity contribution in [2.45, 2.75) is 25.7 Å². The zero-order chi connectivity index (χ0) is 26.9. The van der Waals surface area contributed by atoms with Crippen LogP contribution in [0.1, 0.15) is 30.4 Å². The number of allylic oxidation sites excluding steroid dienone is 1. The fourth-order valence-corrected chi connectivity index (χ4v) is 7.39. The van der Waals surface area contributed by atoms with Crippen LogP contribution >= 0.6 is 0 Å². The zero-order valence-corrected chi connectivity index (χ0v) is 23.0. The molecule has 0 unspecified atom stereocenters. The quantitative estimate of drug-likeness (QED) is 0.202. The molecule has 2 aliphatic carbocycles. The summed E-state index contributed by atoms with van der Waals surface area (Å²) < 4.78 is 0. The average Bonchev–Trinajstić information content (AvgIpc) is 3.73. The first-order valence-electron chi connectivity index (χ1n) is 15.0. The summed E-state index contributed by atoms with van der Waals surface area (Å²) in [5.41, 5.74) is 10.0. The van der Waals surface area contributed by atoms with E-state index in [1.54, 1.807) is 5.57 Å². The van der Waals surface area contributed by atoms with Gasteiger partial charge in [-0.2, -0.15) is 0 Å². The number of hydrogen-bond acceptors (Lipinski definition) is 0. The van der Waals surface area contributed by atoms with Gasteiger partial charge in [-0.15, -0.1) is 0 Å². The Balaban J connectivity index is 1.38. The molecule has 9 rings (SSSR count). The van der Waals surface area contributed by atoms with E-state index in [0.717, 1.165) is 12.3 Å². The van der Waals surface area contributed by atoms with Crippen molar-refractivity contribution in [2.24, 2.45) is 5.92 Å². The third-order valence-corrected chi connectivity index (χ3v) is 9.44. The van der Waals surface area contributed by atoms with Crippen LogP contribution in [0.2, 0.25) is 0 Å². The largest absolute Gasteiger partial charge is 0.0649 e. The van der Waals surface area contributed by atoms with Crippen molar-refractivity contribution >= 4 is 49.2 Å². The Morgan fingerprint density at radius 3 is 1.41 bits per heavy atom. The van der Waals surface area contributed by atoms with Gasteiger partial charge in [0, 0.05) is 0 Å². The van der Waals surface area contributed by atoms with Crippen molar-refractivity contribution in [3.8, 4) is 22.3 Å². The number of rotatable bonds is 4. The van der Waals surface area contributed by atoms with Crippen molar-refractivity contribution in [1.82, 2.24) is 0 Å². The number of benzene rings is 7. The Kier molecular flexibility index (Phi) is 5.01. The van der Waals surface area contributed by atoms with Crippen LogP contribution in [-0.4, -0.2) is 0 Å². The summed E-state index contributed by atoms with van der Waals surface area (Å²) in [6.45, 7) is 0. The van der Waals surface area contributed by atoms with Crippen molar-refractivity contribution < 1.29 is 0 Å². The second-order valence-electron chi connectivity index (χ2n) is 12.1. The predicted octanol–water partition coefficient (Wildman–Crippen LogP) is 11.4. The molecule has 0 spiro atoms. The summed E-state index contributed by atoms with van der Waals surface area (Å²) in [6, 6.07) is 45.2. The van der Waals surface area contributed by atoms with Gasteiger partial charge in [0.2, 0.25) is 0 Å². The van der Waals surface area contributed by atoms with Crippen LogP contribution < -0.4 is 0 Å².